The van der Waals surface area contributed by atoms with Crippen molar-refractivity contribution < 1.29 is 9.59 Å². The molecule has 0 bridgehead atoms. The minimum Gasteiger partial charge on any atom is -0.315 e. The summed E-state index contributed by atoms with van der Waals surface area (Å²) in [7, 11) is 0. The van der Waals surface area contributed by atoms with Gasteiger partial charge in [0.25, 0.3) is 0 Å². The summed E-state index contributed by atoms with van der Waals surface area (Å²) in [5.74, 6) is 0.139. The first-order valence-electron chi connectivity index (χ1n) is 10.6. The first kappa shape index (κ1) is 25.9. The molecule has 0 atom stereocenters. The molecule has 0 aliphatic carbocycles. The van der Waals surface area contributed by atoms with Crippen LogP contribution in [0, 0.1) is 0 Å². The molecule has 180 valence electrons. The van der Waals surface area contributed by atoms with E-state index in [2.05, 4.69) is 15.7 Å². The average Bonchev–Trinajstić information content (AvgIpc) is 3.19. The molecule has 34 heavy (non-hydrogen) atoms. The Labute approximate surface area is 214 Å². The highest BCUT2D eigenvalue weighted by Crippen LogP contribution is 2.27. The number of aromatic nitrogens is 2. The van der Waals surface area contributed by atoms with E-state index in [-0.39, 0.29) is 17.9 Å². The van der Waals surface area contributed by atoms with E-state index in [0.717, 1.165) is 11.4 Å². The van der Waals surface area contributed by atoms with Crippen molar-refractivity contribution in [1.29, 1.82) is 0 Å². The molecule has 0 saturated heterocycles. The fourth-order valence-corrected chi connectivity index (χ4v) is 3.50. The average molecular weight is 523 g/mol. The van der Waals surface area contributed by atoms with Gasteiger partial charge in [-0.3, -0.25) is 4.79 Å². The van der Waals surface area contributed by atoms with Crippen molar-refractivity contribution in [1.82, 2.24) is 14.7 Å². The maximum absolute atomic E-state index is 12.9. The summed E-state index contributed by atoms with van der Waals surface area (Å²) in [6.07, 6.45) is 0. The number of halogens is 3. The Morgan fingerprint density at radius 2 is 1.65 bits per heavy atom. The van der Waals surface area contributed by atoms with Crippen molar-refractivity contribution in [2.24, 2.45) is 0 Å². The fourth-order valence-electron chi connectivity index (χ4n) is 3.08. The van der Waals surface area contributed by atoms with Gasteiger partial charge in [0, 0.05) is 28.7 Å². The standard InChI is InChI=1S/C24H26Cl3N5O2/c1-5-31(23(34)28-16-8-11-18(26)19(27)12-16)14-22(33)29-21-13-20(24(2,3)4)30-32(21)17-9-6-15(25)7-10-17/h6-13H,5,14H2,1-4H3,(H,28,34)(H,29,33). The normalized spacial score (nSPS) is 11.3. The maximum Gasteiger partial charge on any atom is 0.322 e. The molecular weight excluding hydrogens is 497 g/mol. The zero-order valence-electron chi connectivity index (χ0n) is 19.3. The molecule has 0 unspecified atom stereocenters. The van der Waals surface area contributed by atoms with Crippen molar-refractivity contribution in [2.45, 2.75) is 33.1 Å². The van der Waals surface area contributed by atoms with Crippen molar-refractivity contribution in [2.75, 3.05) is 23.7 Å². The number of nitrogens with one attached hydrogen (secondary N) is 2. The largest absolute Gasteiger partial charge is 0.322 e. The number of nitrogens with zero attached hydrogens (tertiary/aromatic N) is 3. The summed E-state index contributed by atoms with van der Waals surface area (Å²) in [5.41, 5.74) is 1.81. The lowest BCUT2D eigenvalue weighted by Crippen LogP contribution is -2.40. The predicted octanol–water partition coefficient (Wildman–Crippen LogP) is 6.62. The Morgan fingerprint density at radius 3 is 2.24 bits per heavy atom. The van der Waals surface area contributed by atoms with E-state index >= 15 is 0 Å². The highest BCUT2D eigenvalue weighted by Gasteiger charge is 2.23. The Kier molecular flexibility index (Phi) is 8.13. The molecule has 3 aromatic rings. The third-order valence-electron chi connectivity index (χ3n) is 4.99. The third-order valence-corrected chi connectivity index (χ3v) is 5.98. The first-order chi connectivity index (χ1) is 16.0. The van der Waals surface area contributed by atoms with Crippen LogP contribution in [0.3, 0.4) is 0 Å². The summed E-state index contributed by atoms with van der Waals surface area (Å²) in [6, 6.07) is 13.3. The molecule has 0 radical (unpaired) electrons. The van der Waals surface area contributed by atoms with Crippen LogP contribution in [-0.2, 0) is 10.2 Å². The number of carbonyl (C=O) groups is 2. The smallest absolute Gasteiger partial charge is 0.315 e. The molecule has 2 N–H and O–H groups in total. The lowest BCUT2D eigenvalue weighted by Gasteiger charge is -2.21. The molecule has 10 heteroatoms. The number of hydrogen-bond donors (Lipinski definition) is 2. The molecule has 1 aromatic heterocycles. The van der Waals surface area contributed by atoms with Gasteiger partial charge in [0.2, 0.25) is 5.91 Å². The highest BCUT2D eigenvalue weighted by molar-refractivity contribution is 6.42. The van der Waals surface area contributed by atoms with Crippen molar-refractivity contribution in [3.05, 3.63) is 69.3 Å². The number of likely N-dealkylation sites (N-methyl/N-ethyl adjacent to an activating group) is 1. The lowest BCUT2D eigenvalue weighted by atomic mass is 9.92. The number of urea groups is 1. The van der Waals surface area contributed by atoms with Gasteiger partial charge in [-0.25, -0.2) is 9.48 Å². The summed E-state index contributed by atoms with van der Waals surface area (Å²) in [4.78, 5) is 27.0. The van der Waals surface area contributed by atoms with E-state index in [9.17, 15) is 9.59 Å². The molecular formula is C24H26Cl3N5O2. The quantitative estimate of drug-likeness (QED) is 0.382. The Bertz CT molecular complexity index is 1190. The summed E-state index contributed by atoms with van der Waals surface area (Å²) >= 11 is 18.0. The van der Waals surface area contributed by atoms with E-state index in [4.69, 9.17) is 34.8 Å². The number of carbonyl (C=O) groups excluding carboxylic acids is 2. The van der Waals surface area contributed by atoms with Crippen LogP contribution >= 0.6 is 34.8 Å². The van der Waals surface area contributed by atoms with Gasteiger partial charge in [-0.1, -0.05) is 55.6 Å². The molecule has 0 saturated carbocycles. The van der Waals surface area contributed by atoms with Crippen molar-refractivity contribution in [3.63, 3.8) is 0 Å². The molecule has 0 aliphatic heterocycles. The molecule has 0 aliphatic rings. The van der Waals surface area contributed by atoms with Crippen molar-refractivity contribution >= 4 is 58.2 Å². The third kappa shape index (κ3) is 6.44. The summed E-state index contributed by atoms with van der Waals surface area (Å²) in [6.45, 7) is 8.08. The van der Waals surface area contributed by atoms with E-state index in [1.54, 1.807) is 41.9 Å². The van der Waals surface area contributed by atoms with Crippen LogP contribution in [0.25, 0.3) is 5.69 Å². The van der Waals surface area contributed by atoms with Crippen LogP contribution in [0.5, 0.6) is 0 Å². The minimum atomic E-state index is -0.433. The van der Waals surface area contributed by atoms with Crippen LogP contribution in [-0.4, -0.2) is 39.7 Å². The number of anilines is 2. The SMILES string of the molecule is CCN(CC(=O)Nc1cc(C(C)(C)C)nn1-c1ccc(Cl)cc1)C(=O)Nc1ccc(Cl)c(Cl)c1. The number of benzene rings is 2. The van der Waals surface area contributed by atoms with Crippen LogP contribution < -0.4 is 10.6 Å². The molecule has 1 heterocycles. The predicted molar refractivity (Wildman–Crippen MR) is 139 cm³/mol. The number of rotatable bonds is 6. The molecule has 0 fully saturated rings. The Balaban J connectivity index is 1.76. The second kappa shape index (κ2) is 10.7. The summed E-state index contributed by atoms with van der Waals surface area (Å²) < 4.78 is 1.65. The van der Waals surface area contributed by atoms with Crippen LogP contribution in [0.1, 0.15) is 33.4 Å². The van der Waals surface area contributed by atoms with Gasteiger partial charge in [-0.2, -0.15) is 5.10 Å². The van der Waals surface area contributed by atoms with Gasteiger partial charge in [-0.05, 0) is 49.4 Å². The highest BCUT2D eigenvalue weighted by atomic mass is 35.5. The zero-order valence-corrected chi connectivity index (χ0v) is 21.6. The van der Waals surface area contributed by atoms with Crippen LogP contribution in [0.2, 0.25) is 15.1 Å². The van der Waals surface area contributed by atoms with E-state index in [0.29, 0.717) is 33.1 Å². The van der Waals surface area contributed by atoms with E-state index in [1.165, 1.54) is 4.90 Å². The van der Waals surface area contributed by atoms with Gasteiger partial charge in [-0.15, -0.1) is 0 Å². The topological polar surface area (TPSA) is 79.3 Å². The minimum absolute atomic E-state index is 0.152. The van der Waals surface area contributed by atoms with Gasteiger partial charge >= 0.3 is 6.03 Å². The number of amides is 3. The second-order valence-corrected chi connectivity index (χ2v) is 9.93. The van der Waals surface area contributed by atoms with Gasteiger partial charge in [0.05, 0.1) is 21.4 Å². The van der Waals surface area contributed by atoms with Crippen molar-refractivity contribution in [3.8, 4) is 5.69 Å². The maximum atomic E-state index is 12.9. The fraction of sp³-hybridized carbons (Fsp3) is 0.292. The number of hydrogen-bond acceptors (Lipinski definition) is 3. The van der Waals surface area contributed by atoms with Gasteiger partial charge in [0.15, 0.2) is 0 Å². The second-order valence-electron chi connectivity index (χ2n) is 8.67. The molecule has 3 rings (SSSR count). The Hall–Kier alpha value is -2.74. The lowest BCUT2D eigenvalue weighted by molar-refractivity contribution is -0.116. The molecule has 0 spiro atoms. The van der Waals surface area contributed by atoms with Crippen LogP contribution in [0.15, 0.2) is 48.5 Å². The summed E-state index contributed by atoms with van der Waals surface area (Å²) in [5, 5.41) is 11.6. The van der Waals surface area contributed by atoms with Gasteiger partial charge in [0.1, 0.15) is 12.4 Å². The molecule has 2 aromatic carbocycles. The Morgan fingerprint density at radius 1 is 0.971 bits per heavy atom. The first-order valence-corrected chi connectivity index (χ1v) is 11.8. The molecule has 7 nitrogen and oxygen atoms in total. The molecule has 3 amide bonds. The monoisotopic (exact) mass is 521 g/mol. The van der Waals surface area contributed by atoms with Gasteiger partial charge < -0.3 is 15.5 Å². The zero-order chi connectivity index (χ0) is 25.0. The van der Waals surface area contributed by atoms with Crippen LogP contribution in [0.4, 0.5) is 16.3 Å². The van der Waals surface area contributed by atoms with E-state index < -0.39 is 6.03 Å². The van der Waals surface area contributed by atoms with E-state index in [1.807, 2.05) is 39.0 Å².